The molecular weight excluding hydrogens is 417 g/mol. The average molecular weight is 448 g/mol. The number of nitrogens with one attached hydrogen (secondary N) is 1. The van der Waals surface area contributed by atoms with Crippen molar-refractivity contribution < 1.29 is 17.6 Å². The third kappa shape index (κ3) is 6.27. The van der Waals surface area contributed by atoms with Crippen LogP contribution in [-0.4, -0.2) is 44.6 Å². The zero-order valence-electron chi connectivity index (χ0n) is 18.1. The zero-order valence-corrected chi connectivity index (χ0v) is 18.9. The highest BCUT2D eigenvalue weighted by Crippen LogP contribution is 2.24. The van der Waals surface area contributed by atoms with Crippen molar-refractivity contribution in [3.63, 3.8) is 0 Å². The van der Waals surface area contributed by atoms with E-state index in [0.29, 0.717) is 0 Å². The number of anilines is 1. The fourth-order valence-electron chi connectivity index (χ4n) is 3.96. The molecule has 3 rings (SSSR count). The molecule has 1 atom stereocenters. The average Bonchev–Trinajstić information content (AvgIpc) is 2.73. The predicted molar refractivity (Wildman–Crippen MR) is 121 cm³/mol. The van der Waals surface area contributed by atoms with Gasteiger partial charge in [-0.3, -0.25) is 14.0 Å². The van der Waals surface area contributed by atoms with E-state index in [1.54, 1.807) is 0 Å². The molecular formula is C23H30FN3O3S. The first-order chi connectivity index (χ1) is 14.8. The molecule has 1 N–H and O–H groups in total. The van der Waals surface area contributed by atoms with Crippen LogP contribution in [0.25, 0.3) is 0 Å². The normalized spacial score (nSPS) is 16.0. The monoisotopic (exact) mass is 447 g/mol. The van der Waals surface area contributed by atoms with Gasteiger partial charge >= 0.3 is 0 Å². The molecule has 0 spiro atoms. The standard InChI is InChI=1S/C23H30FN3O3S/c1-18(27(31(2,29)30)22-12-5-4-11-21(22)24)23(28)25-16-19-9-8-10-20(15-19)17-26-13-6-3-7-14-26/h4-5,8-12,15,18H,3,6-7,13-14,16-17H2,1-2H3,(H,25,28)/t18-/m0/s1. The van der Waals surface area contributed by atoms with E-state index in [4.69, 9.17) is 0 Å². The highest BCUT2D eigenvalue weighted by atomic mass is 32.2. The van der Waals surface area contributed by atoms with Crippen LogP contribution in [0.4, 0.5) is 10.1 Å². The Kier molecular flexibility index (Phi) is 7.67. The minimum absolute atomic E-state index is 0.142. The van der Waals surface area contributed by atoms with Gasteiger partial charge in [-0.15, -0.1) is 0 Å². The summed E-state index contributed by atoms with van der Waals surface area (Å²) in [4.78, 5) is 15.2. The summed E-state index contributed by atoms with van der Waals surface area (Å²) in [5.41, 5.74) is 1.98. The van der Waals surface area contributed by atoms with Gasteiger partial charge < -0.3 is 5.32 Å². The van der Waals surface area contributed by atoms with Crippen LogP contribution in [-0.2, 0) is 27.9 Å². The molecule has 0 unspecified atom stereocenters. The van der Waals surface area contributed by atoms with E-state index in [9.17, 15) is 17.6 Å². The second-order valence-corrected chi connectivity index (χ2v) is 9.92. The number of rotatable bonds is 8. The molecule has 2 aromatic rings. The number of para-hydroxylation sites is 1. The molecule has 1 fully saturated rings. The molecule has 1 saturated heterocycles. The van der Waals surface area contributed by atoms with Crippen molar-refractivity contribution in [1.29, 1.82) is 0 Å². The summed E-state index contributed by atoms with van der Waals surface area (Å²) in [5, 5.41) is 2.79. The lowest BCUT2D eigenvalue weighted by Gasteiger charge is -2.28. The molecule has 0 radical (unpaired) electrons. The van der Waals surface area contributed by atoms with Gasteiger partial charge in [-0.1, -0.05) is 42.8 Å². The third-order valence-corrected chi connectivity index (χ3v) is 6.72. The third-order valence-electron chi connectivity index (χ3n) is 5.49. The molecule has 1 amide bonds. The van der Waals surface area contributed by atoms with Gasteiger partial charge in [0.1, 0.15) is 11.9 Å². The molecule has 1 aliphatic rings. The summed E-state index contributed by atoms with van der Waals surface area (Å²) in [7, 11) is -3.86. The van der Waals surface area contributed by atoms with Crippen LogP contribution in [0.15, 0.2) is 48.5 Å². The molecule has 31 heavy (non-hydrogen) atoms. The molecule has 0 saturated carbocycles. The first-order valence-corrected chi connectivity index (χ1v) is 12.4. The molecule has 2 aromatic carbocycles. The minimum atomic E-state index is -3.86. The van der Waals surface area contributed by atoms with Crippen LogP contribution in [0.3, 0.4) is 0 Å². The molecule has 0 bridgehead atoms. The Balaban J connectivity index is 1.66. The lowest BCUT2D eigenvalue weighted by molar-refractivity contribution is -0.122. The number of amides is 1. The smallest absolute Gasteiger partial charge is 0.243 e. The van der Waals surface area contributed by atoms with E-state index >= 15 is 0 Å². The minimum Gasteiger partial charge on any atom is -0.350 e. The van der Waals surface area contributed by atoms with Crippen molar-refractivity contribution in [2.24, 2.45) is 0 Å². The summed E-state index contributed by atoms with van der Waals surface area (Å²) in [5.74, 6) is -1.19. The van der Waals surface area contributed by atoms with Crippen molar-refractivity contribution in [1.82, 2.24) is 10.2 Å². The summed E-state index contributed by atoms with van der Waals surface area (Å²) in [6.07, 6.45) is 4.71. The lowest BCUT2D eigenvalue weighted by Crippen LogP contribution is -2.48. The van der Waals surface area contributed by atoms with Crippen LogP contribution in [0.2, 0.25) is 0 Å². The fraction of sp³-hybridized carbons (Fsp3) is 0.435. The van der Waals surface area contributed by atoms with Crippen molar-refractivity contribution in [3.05, 3.63) is 65.5 Å². The topological polar surface area (TPSA) is 69.7 Å². The fourth-order valence-corrected chi connectivity index (χ4v) is 5.14. The summed E-state index contributed by atoms with van der Waals surface area (Å²) in [6.45, 7) is 4.82. The van der Waals surface area contributed by atoms with Crippen LogP contribution < -0.4 is 9.62 Å². The predicted octanol–water partition coefficient (Wildman–Crippen LogP) is 3.28. The number of sulfonamides is 1. The van der Waals surface area contributed by atoms with Gasteiger partial charge in [-0.05, 0) is 56.1 Å². The summed E-state index contributed by atoms with van der Waals surface area (Å²) in [6, 6.07) is 12.5. The van der Waals surface area contributed by atoms with Gasteiger partial charge in [0.15, 0.2) is 0 Å². The van der Waals surface area contributed by atoms with Gasteiger partial charge in [0.05, 0.1) is 11.9 Å². The van der Waals surface area contributed by atoms with E-state index in [1.807, 2.05) is 12.1 Å². The van der Waals surface area contributed by atoms with Crippen molar-refractivity contribution in [3.8, 4) is 0 Å². The van der Waals surface area contributed by atoms with Crippen LogP contribution >= 0.6 is 0 Å². The Morgan fingerprint density at radius 3 is 2.45 bits per heavy atom. The van der Waals surface area contributed by atoms with E-state index in [-0.39, 0.29) is 12.2 Å². The first kappa shape index (κ1) is 23.2. The van der Waals surface area contributed by atoms with Crippen LogP contribution in [0.1, 0.15) is 37.3 Å². The van der Waals surface area contributed by atoms with Crippen molar-refractivity contribution in [2.75, 3.05) is 23.7 Å². The molecule has 1 aliphatic heterocycles. The second kappa shape index (κ2) is 10.2. The van der Waals surface area contributed by atoms with Crippen LogP contribution in [0.5, 0.6) is 0 Å². The molecule has 8 heteroatoms. The number of nitrogens with zero attached hydrogens (tertiary/aromatic N) is 2. The quantitative estimate of drug-likeness (QED) is 0.674. The zero-order chi connectivity index (χ0) is 22.4. The Labute approximate surface area is 184 Å². The molecule has 0 aromatic heterocycles. The number of likely N-dealkylation sites (tertiary alicyclic amines) is 1. The number of halogens is 1. The molecule has 168 valence electrons. The van der Waals surface area contributed by atoms with Crippen LogP contribution in [0, 0.1) is 5.82 Å². The Morgan fingerprint density at radius 1 is 1.10 bits per heavy atom. The highest BCUT2D eigenvalue weighted by molar-refractivity contribution is 7.92. The van der Waals surface area contributed by atoms with E-state index < -0.39 is 27.8 Å². The first-order valence-electron chi connectivity index (χ1n) is 10.6. The van der Waals surface area contributed by atoms with Gasteiger partial charge in [0.25, 0.3) is 0 Å². The van der Waals surface area contributed by atoms with Gasteiger partial charge in [0, 0.05) is 13.1 Å². The van der Waals surface area contributed by atoms with E-state index in [2.05, 4.69) is 22.3 Å². The Bertz CT molecular complexity index is 1010. The highest BCUT2D eigenvalue weighted by Gasteiger charge is 2.30. The largest absolute Gasteiger partial charge is 0.350 e. The Hall–Kier alpha value is -2.45. The van der Waals surface area contributed by atoms with Gasteiger partial charge in [-0.25, -0.2) is 12.8 Å². The van der Waals surface area contributed by atoms with Gasteiger partial charge in [0.2, 0.25) is 15.9 Å². The summed E-state index contributed by atoms with van der Waals surface area (Å²) >= 11 is 0. The second-order valence-electron chi connectivity index (χ2n) is 8.06. The maximum Gasteiger partial charge on any atom is 0.243 e. The summed E-state index contributed by atoms with van der Waals surface area (Å²) < 4.78 is 39.7. The number of hydrogen-bond acceptors (Lipinski definition) is 4. The van der Waals surface area contributed by atoms with Crippen molar-refractivity contribution in [2.45, 2.75) is 45.3 Å². The number of carbonyl (C=O) groups is 1. The van der Waals surface area contributed by atoms with Gasteiger partial charge in [-0.2, -0.15) is 0 Å². The van der Waals surface area contributed by atoms with E-state index in [1.165, 1.54) is 56.0 Å². The SMILES string of the molecule is C[C@@H](C(=O)NCc1cccc(CN2CCCCC2)c1)N(c1ccccc1F)S(C)(=O)=O. The number of carbonyl (C=O) groups excluding carboxylic acids is 1. The number of hydrogen-bond donors (Lipinski definition) is 1. The number of piperidine rings is 1. The maximum absolute atomic E-state index is 14.2. The van der Waals surface area contributed by atoms with Crippen molar-refractivity contribution >= 4 is 21.6 Å². The maximum atomic E-state index is 14.2. The lowest BCUT2D eigenvalue weighted by atomic mass is 10.1. The molecule has 6 nitrogen and oxygen atoms in total. The molecule has 0 aliphatic carbocycles. The molecule has 1 heterocycles. The van der Waals surface area contributed by atoms with E-state index in [0.717, 1.165) is 35.8 Å². The number of benzene rings is 2. The Morgan fingerprint density at radius 2 is 1.77 bits per heavy atom.